The summed E-state index contributed by atoms with van der Waals surface area (Å²) in [6.45, 7) is 1.97. The highest BCUT2D eigenvalue weighted by Crippen LogP contribution is 2.36. The van der Waals surface area contributed by atoms with Gasteiger partial charge in [0.05, 0.1) is 5.92 Å². The van der Waals surface area contributed by atoms with Gasteiger partial charge in [-0.1, -0.05) is 0 Å². The van der Waals surface area contributed by atoms with E-state index < -0.39 is 5.97 Å². The van der Waals surface area contributed by atoms with Crippen LogP contribution in [0.15, 0.2) is 0 Å². The summed E-state index contributed by atoms with van der Waals surface area (Å²) in [7, 11) is 0. The maximum absolute atomic E-state index is 10.4. The Balaban J connectivity index is 2.14. The molecular formula is C8H15NO2. The number of carbonyl (C=O) groups is 1. The van der Waals surface area contributed by atoms with Gasteiger partial charge in [-0.05, 0) is 32.1 Å². The molecule has 11 heavy (non-hydrogen) atoms. The van der Waals surface area contributed by atoms with Gasteiger partial charge in [0.2, 0.25) is 0 Å². The lowest BCUT2D eigenvalue weighted by molar-refractivity contribution is -0.146. The van der Waals surface area contributed by atoms with Crippen LogP contribution in [0.2, 0.25) is 0 Å². The molecule has 0 aliphatic heterocycles. The number of hydrogen-bond donors (Lipinski definition) is 2. The van der Waals surface area contributed by atoms with E-state index in [1.807, 2.05) is 6.92 Å². The molecule has 0 bridgehead atoms. The molecule has 0 spiro atoms. The Morgan fingerprint density at radius 3 is 2.64 bits per heavy atom. The first-order valence-corrected chi connectivity index (χ1v) is 4.08. The van der Waals surface area contributed by atoms with Crippen LogP contribution in [-0.2, 0) is 4.79 Å². The molecule has 64 valence electrons. The average Bonchev–Trinajstić information content (AvgIpc) is 1.75. The number of aliphatic carboxylic acids is 1. The third-order valence-electron chi connectivity index (χ3n) is 2.29. The number of hydrogen-bond acceptors (Lipinski definition) is 2. The van der Waals surface area contributed by atoms with Crippen LogP contribution in [0.25, 0.3) is 0 Å². The summed E-state index contributed by atoms with van der Waals surface area (Å²) in [4.78, 5) is 10.4. The van der Waals surface area contributed by atoms with Gasteiger partial charge in [0, 0.05) is 6.04 Å². The Bertz CT molecular complexity index is 150. The second-order valence-electron chi connectivity index (χ2n) is 3.59. The first-order valence-electron chi connectivity index (χ1n) is 4.08. The van der Waals surface area contributed by atoms with Crippen molar-refractivity contribution in [3.05, 3.63) is 0 Å². The molecule has 1 saturated carbocycles. The fourth-order valence-corrected chi connectivity index (χ4v) is 1.66. The Labute approximate surface area is 66.6 Å². The van der Waals surface area contributed by atoms with Crippen molar-refractivity contribution in [3.63, 3.8) is 0 Å². The van der Waals surface area contributed by atoms with Crippen molar-refractivity contribution in [1.29, 1.82) is 0 Å². The highest BCUT2D eigenvalue weighted by Gasteiger charge is 2.34. The Kier molecular flexibility index (Phi) is 2.49. The summed E-state index contributed by atoms with van der Waals surface area (Å²) < 4.78 is 0. The summed E-state index contributed by atoms with van der Waals surface area (Å²) in [5, 5.41) is 8.55. The molecule has 1 aliphatic rings. The monoisotopic (exact) mass is 157 g/mol. The van der Waals surface area contributed by atoms with E-state index in [0.717, 1.165) is 19.3 Å². The smallest absolute Gasteiger partial charge is 0.306 e. The molecule has 0 radical (unpaired) electrons. The first kappa shape index (κ1) is 8.53. The van der Waals surface area contributed by atoms with Crippen LogP contribution in [0.4, 0.5) is 0 Å². The van der Waals surface area contributed by atoms with E-state index in [2.05, 4.69) is 0 Å². The zero-order valence-corrected chi connectivity index (χ0v) is 6.79. The van der Waals surface area contributed by atoms with Crippen molar-refractivity contribution in [2.24, 2.45) is 17.6 Å². The SMILES string of the molecule is C[C@H](N)CC1CC(C(=O)O)C1. The molecule has 1 atom stereocenters. The number of carboxylic acid groups (broad SMARTS) is 1. The van der Waals surface area contributed by atoms with Crippen LogP contribution in [0.1, 0.15) is 26.2 Å². The third-order valence-corrected chi connectivity index (χ3v) is 2.29. The topological polar surface area (TPSA) is 63.3 Å². The quantitative estimate of drug-likeness (QED) is 0.638. The lowest BCUT2D eigenvalue weighted by Crippen LogP contribution is -2.33. The maximum Gasteiger partial charge on any atom is 0.306 e. The first-order chi connectivity index (χ1) is 5.09. The van der Waals surface area contributed by atoms with Crippen molar-refractivity contribution in [3.8, 4) is 0 Å². The van der Waals surface area contributed by atoms with Crippen molar-refractivity contribution in [1.82, 2.24) is 0 Å². The van der Waals surface area contributed by atoms with Crippen LogP contribution in [0.3, 0.4) is 0 Å². The minimum Gasteiger partial charge on any atom is -0.481 e. The highest BCUT2D eigenvalue weighted by atomic mass is 16.4. The van der Waals surface area contributed by atoms with Crippen LogP contribution in [0.5, 0.6) is 0 Å². The zero-order chi connectivity index (χ0) is 8.43. The van der Waals surface area contributed by atoms with Crippen LogP contribution in [0, 0.1) is 11.8 Å². The van der Waals surface area contributed by atoms with Crippen molar-refractivity contribution in [2.45, 2.75) is 32.2 Å². The number of nitrogens with two attached hydrogens (primary N) is 1. The molecule has 3 N–H and O–H groups in total. The number of rotatable bonds is 3. The van der Waals surface area contributed by atoms with E-state index in [1.165, 1.54) is 0 Å². The predicted molar refractivity (Wildman–Crippen MR) is 42.1 cm³/mol. The van der Waals surface area contributed by atoms with E-state index in [1.54, 1.807) is 0 Å². The normalized spacial score (nSPS) is 32.5. The van der Waals surface area contributed by atoms with Gasteiger partial charge in [-0.15, -0.1) is 0 Å². The summed E-state index contributed by atoms with van der Waals surface area (Å²) in [6, 6.07) is 0.217. The van der Waals surface area contributed by atoms with Gasteiger partial charge in [0.15, 0.2) is 0 Å². The van der Waals surface area contributed by atoms with Gasteiger partial charge in [0.1, 0.15) is 0 Å². The molecule has 0 heterocycles. The molecule has 3 nitrogen and oxygen atoms in total. The zero-order valence-electron chi connectivity index (χ0n) is 6.79. The van der Waals surface area contributed by atoms with Crippen LogP contribution < -0.4 is 5.73 Å². The fraction of sp³-hybridized carbons (Fsp3) is 0.875. The second-order valence-corrected chi connectivity index (χ2v) is 3.59. The molecule has 1 fully saturated rings. The molecule has 3 heteroatoms. The molecule has 0 aromatic heterocycles. The number of carboxylic acids is 1. The van der Waals surface area contributed by atoms with E-state index in [-0.39, 0.29) is 12.0 Å². The molecule has 0 aromatic carbocycles. The van der Waals surface area contributed by atoms with E-state index >= 15 is 0 Å². The van der Waals surface area contributed by atoms with Crippen molar-refractivity contribution in [2.75, 3.05) is 0 Å². The molecule has 0 saturated heterocycles. The fourth-order valence-electron chi connectivity index (χ4n) is 1.66. The van der Waals surface area contributed by atoms with Crippen LogP contribution in [-0.4, -0.2) is 17.1 Å². The van der Waals surface area contributed by atoms with Crippen LogP contribution >= 0.6 is 0 Å². The Hall–Kier alpha value is -0.570. The maximum atomic E-state index is 10.4. The molecular weight excluding hydrogens is 142 g/mol. The van der Waals surface area contributed by atoms with Gasteiger partial charge in [-0.3, -0.25) is 4.79 Å². The van der Waals surface area contributed by atoms with Crippen molar-refractivity contribution < 1.29 is 9.90 Å². The summed E-state index contributed by atoms with van der Waals surface area (Å²) in [5.74, 6) is -0.166. The predicted octanol–water partition coefficient (Wildman–Crippen LogP) is 0.834. The van der Waals surface area contributed by atoms with Gasteiger partial charge < -0.3 is 10.8 Å². The van der Waals surface area contributed by atoms with E-state index in [4.69, 9.17) is 10.8 Å². The summed E-state index contributed by atoms with van der Waals surface area (Å²) in [6.07, 6.45) is 2.64. The van der Waals surface area contributed by atoms with E-state index in [0.29, 0.717) is 5.92 Å². The highest BCUT2D eigenvalue weighted by molar-refractivity contribution is 5.71. The molecule has 0 unspecified atom stereocenters. The molecule has 0 aromatic rings. The van der Waals surface area contributed by atoms with Crippen molar-refractivity contribution >= 4 is 5.97 Å². The lowest BCUT2D eigenvalue weighted by atomic mass is 9.72. The van der Waals surface area contributed by atoms with Gasteiger partial charge in [-0.25, -0.2) is 0 Å². The van der Waals surface area contributed by atoms with Gasteiger partial charge in [-0.2, -0.15) is 0 Å². The minimum atomic E-state index is -0.647. The summed E-state index contributed by atoms with van der Waals surface area (Å²) >= 11 is 0. The second kappa shape index (κ2) is 3.22. The van der Waals surface area contributed by atoms with Gasteiger partial charge in [0.25, 0.3) is 0 Å². The average molecular weight is 157 g/mol. The van der Waals surface area contributed by atoms with E-state index in [9.17, 15) is 4.79 Å². The minimum absolute atomic E-state index is 0.0845. The largest absolute Gasteiger partial charge is 0.481 e. The van der Waals surface area contributed by atoms with Gasteiger partial charge >= 0.3 is 5.97 Å². The lowest BCUT2D eigenvalue weighted by Gasteiger charge is -2.33. The molecule has 1 aliphatic carbocycles. The third kappa shape index (κ3) is 2.19. The standard InChI is InChI=1S/C8H15NO2/c1-5(9)2-6-3-7(4-6)8(10)11/h5-7H,2-4,9H2,1H3,(H,10,11)/t5-,6?,7?/m0/s1. The Morgan fingerprint density at radius 1 is 1.73 bits per heavy atom. The molecule has 0 amide bonds. The Morgan fingerprint density at radius 2 is 2.27 bits per heavy atom. The molecule has 1 rings (SSSR count). The summed E-state index contributed by atoms with van der Waals surface area (Å²) in [5.41, 5.74) is 5.58.